The SMILES string of the molecule is O=C(NCC(=O)N1CCN(S(=O)(=O)c2cccc([N+](=O)[O-])c2)CC1)OCc1ccccc1. The molecule has 1 N–H and O–H groups in total. The van der Waals surface area contributed by atoms with Gasteiger partial charge in [-0.15, -0.1) is 0 Å². The Balaban J connectivity index is 1.47. The van der Waals surface area contributed by atoms with E-state index in [4.69, 9.17) is 4.74 Å². The summed E-state index contributed by atoms with van der Waals surface area (Å²) >= 11 is 0. The summed E-state index contributed by atoms with van der Waals surface area (Å²) in [7, 11) is -3.93. The van der Waals surface area contributed by atoms with Gasteiger partial charge in [-0.25, -0.2) is 13.2 Å². The second-order valence-electron chi connectivity index (χ2n) is 6.95. The number of hydrogen-bond acceptors (Lipinski definition) is 7. The molecule has 0 bridgehead atoms. The molecule has 1 aliphatic rings. The molecule has 0 atom stereocenters. The maximum Gasteiger partial charge on any atom is 0.407 e. The summed E-state index contributed by atoms with van der Waals surface area (Å²) in [4.78, 5) is 35.6. The van der Waals surface area contributed by atoms with Gasteiger partial charge in [0, 0.05) is 38.3 Å². The van der Waals surface area contributed by atoms with Gasteiger partial charge in [-0.3, -0.25) is 14.9 Å². The summed E-state index contributed by atoms with van der Waals surface area (Å²) in [6.45, 7) is 0.145. The highest BCUT2D eigenvalue weighted by Gasteiger charge is 2.31. The topological polar surface area (TPSA) is 139 Å². The van der Waals surface area contributed by atoms with Crippen molar-refractivity contribution in [2.24, 2.45) is 0 Å². The maximum atomic E-state index is 12.8. The lowest BCUT2D eigenvalue weighted by molar-refractivity contribution is -0.385. The van der Waals surface area contributed by atoms with Crippen LogP contribution in [0.1, 0.15) is 5.56 Å². The van der Waals surface area contributed by atoms with Crippen LogP contribution in [0.3, 0.4) is 0 Å². The van der Waals surface area contributed by atoms with Crippen molar-refractivity contribution < 1.29 is 27.7 Å². The lowest BCUT2D eigenvalue weighted by Crippen LogP contribution is -2.52. The van der Waals surface area contributed by atoms with Gasteiger partial charge in [-0.2, -0.15) is 4.31 Å². The summed E-state index contributed by atoms with van der Waals surface area (Å²) in [5.41, 5.74) is 0.500. The largest absolute Gasteiger partial charge is 0.445 e. The second kappa shape index (κ2) is 10.2. The Morgan fingerprint density at radius 2 is 1.72 bits per heavy atom. The third-order valence-corrected chi connectivity index (χ3v) is 6.75. The van der Waals surface area contributed by atoms with Crippen LogP contribution in [0, 0.1) is 10.1 Å². The van der Waals surface area contributed by atoms with E-state index in [-0.39, 0.29) is 55.8 Å². The van der Waals surface area contributed by atoms with E-state index in [1.165, 1.54) is 27.4 Å². The summed E-state index contributed by atoms with van der Waals surface area (Å²) in [5, 5.41) is 13.3. The van der Waals surface area contributed by atoms with Crippen LogP contribution in [0.5, 0.6) is 0 Å². The summed E-state index contributed by atoms with van der Waals surface area (Å²) < 4.78 is 31.8. The molecule has 2 amide bonds. The zero-order valence-corrected chi connectivity index (χ0v) is 17.9. The molecule has 0 saturated carbocycles. The monoisotopic (exact) mass is 462 g/mol. The number of non-ortho nitro benzene ring substituents is 1. The number of amides is 2. The van der Waals surface area contributed by atoms with Gasteiger partial charge in [0.25, 0.3) is 5.69 Å². The first-order valence-corrected chi connectivity index (χ1v) is 11.2. The van der Waals surface area contributed by atoms with Crippen molar-refractivity contribution in [2.75, 3.05) is 32.7 Å². The number of piperazine rings is 1. The van der Waals surface area contributed by atoms with Crippen LogP contribution in [0.2, 0.25) is 0 Å². The molecular weight excluding hydrogens is 440 g/mol. The van der Waals surface area contributed by atoms with E-state index >= 15 is 0 Å². The first kappa shape index (κ1) is 23.2. The number of nitro groups is 1. The van der Waals surface area contributed by atoms with Crippen LogP contribution in [-0.2, 0) is 26.2 Å². The first-order chi connectivity index (χ1) is 15.3. The predicted octanol–water partition coefficient (Wildman–Crippen LogP) is 1.35. The molecule has 2 aromatic carbocycles. The number of sulfonamides is 1. The highest BCUT2D eigenvalue weighted by molar-refractivity contribution is 7.89. The molecular formula is C20H22N4O7S. The highest BCUT2D eigenvalue weighted by Crippen LogP contribution is 2.22. The average Bonchev–Trinajstić information content (AvgIpc) is 2.82. The molecule has 0 aromatic heterocycles. The van der Waals surface area contributed by atoms with Crippen LogP contribution in [-0.4, -0.2) is 67.3 Å². The molecule has 2 aromatic rings. The molecule has 0 unspecified atom stereocenters. The number of carbonyl (C=O) groups excluding carboxylic acids is 2. The minimum Gasteiger partial charge on any atom is -0.445 e. The Morgan fingerprint density at radius 3 is 2.38 bits per heavy atom. The van der Waals surface area contributed by atoms with E-state index in [0.717, 1.165) is 11.6 Å². The standard InChI is InChI=1S/C20H22N4O7S/c25-19(14-21-20(26)31-15-16-5-2-1-3-6-16)22-9-11-23(12-10-22)32(29,30)18-8-4-7-17(13-18)24(27)28/h1-8,13H,9-12,14-15H2,(H,21,26). The summed E-state index contributed by atoms with van der Waals surface area (Å²) in [5.74, 6) is -0.367. The number of hydrogen-bond donors (Lipinski definition) is 1. The zero-order chi connectivity index (χ0) is 23.1. The Hall–Kier alpha value is -3.51. The Bertz CT molecular complexity index is 1080. The maximum absolute atomic E-state index is 12.8. The van der Waals surface area contributed by atoms with Crippen molar-refractivity contribution in [2.45, 2.75) is 11.5 Å². The van der Waals surface area contributed by atoms with Gasteiger partial charge in [0.15, 0.2) is 0 Å². The lowest BCUT2D eigenvalue weighted by Gasteiger charge is -2.34. The first-order valence-electron chi connectivity index (χ1n) is 9.74. The molecule has 1 fully saturated rings. The van der Waals surface area contributed by atoms with Crippen LogP contribution in [0.4, 0.5) is 10.5 Å². The van der Waals surface area contributed by atoms with Crippen molar-refractivity contribution in [3.63, 3.8) is 0 Å². The van der Waals surface area contributed by atoms with Crippen LogP contribution in [0.25, 0.3) is 0 Å². The molecule has 11 nitrogen and oxygen atoms in total. The molecule has 1 aliphatic heterocycles. The number of ether oxygens (including phenoxy) is 1. The van der Waals surface area contributed by atoms with E-state index in [1.807, 2.05) is 18.2 Å². The molecule has 0 radical (unpaired) electrons. The third-order valence-electron chi connectivity index (χ3n) is 4.85. The van der Waals surface area contributed by atoms with E-state index in [1.54, 1.807) is 12.1 Å². The molecule has 3 rings (SSSR count). The van der Waals surface area contributed by atoms with Gasteiger partial charge < -0.3 is 15.0 Å². The van der Waals surface area contributed by atoms with Gasteiger partial charge in [0.1, 0.15) is 13.2 Å². The molecule has 0 spiro atoms. The number of nitrogens with one attached hydrogen (secondary N) is 1. The third kappa shape index (κ3) is 5.80. The Kier molecular flexibility index (Phi) is 7.38. The second-order valence-corrected chi connectivity index (χ2v) is 8.89. The lowest BCUT2D eigenvalue weighted by atomic mass is 10.2. The minimum atomic E-state index is -3.93. The average molecular weight is 462 g/mol. The molecule has 1 saturated heterocycles. The Labute approximate surface area is 184 Å². The van der Waals surface area contributed by atoms with Gasteiger partial charge in [-0.1, -0.05) is 36.4 Å². The number of rotatable bonds is 7. The van der Waals surface area contributed by atoms with Gasteiger partial charge in [-0.05, 0) is 11.6 Å². The predicted molar refractivity (Wildman–Crippen MR) is 113 cm³/mol. The van der Waals surface area contributed by atoms with Crippen molar-refractivity contribution in [3.05, 3.63) is 70.3 Å². The number of nitrogens with zero attached hydrogens (tertiary/aromatic N) is 3. The molecule has 170 valence electrons. The fourth-order valence-electron chi connectivity index (χ4n) is 3.12. The van der Waals surface area contributed by atoms with Gasteiger partial charge >= 0.3 is 6.09 Å². The minimum absolute atomic E-state index is 0.0369. The summed E-state index contributed by atoms with van der Waals surface area (Å²) in [6, 6.07) is 13.9. The number of alkyl carbamates (subject to hydrolysis) is 1. The molecule has 0 aliphatic carbocycles. The van der Waals surface area contributed by atoms with Gasteiger partial charge in [0.05, 0.1) is 9.82 Å². The van der Waals surface area contributed by atoms with E-state index in [0.29, 0.717) is 0 Å². The quantitative estimate of drug-likeness (QED) is 0.484. The van der Waals surface area contributed by atoms with E-state index < -0.39 is 21.0 Å². The van der Waals surface area contributed by atoms with E-state index in [9.17, 15) is 28.1 Å². The van der Waals surface area contributed by atoms with Crippen molar-refractivity contribution in [3.8, 4) is 0 Å². The van der Waals surface area contributed by atoms with Crippen molar-refractivity contribution >= 4 is 27.7 Å². The Morgan fingerprint density at radius 1 is 1.03 bits per heavy atom. The molecule has 1 heterocycles. The molecule has 32 heavy (non-hydrogen) atoms. The normalized spacial score (nSPS) is 14.6. The van der Waals surface area contributed by atoms with Crippen molar-refractivity contribution in [1.82, 2.24) is 14.5 Å². The number of carbonyl (C=O) groups is 2. The smallest absolute Gasteiger partial charge is 0.407 e. The fourth-order valence-corrected chi connectivity index (χ4v) is 4.58. The number of benzene rings is 2. The van der Waals surface area contributed by atoms with Crippen LogP contribution in [0.15, 0.2) is 59.5 Å². The van der Waals surface area contributed by atoms with Crippen LogP contribution >= 0.6 is 0 Å². The zero-order valence-electron chi connectivity index (χ0n) is 17.0. The van der Waals surface area contributed by atoms with Crippen LogP contribution < -0.4 is 5.32 Å². The number of nitro benzene ring substituents is 1. The van der Waals surface area contributed by atoms with Crippen molar-refractivity contribution in [1.29, 1.82) is 0 Å². The van der Waals surface area contributed by atoms with Gasteiger partial charge in [0.2, 0.25) is 15.9 Å². The summed E-state index contributed by atoms with van der Waals surface area (Å²) in [6.07, 6.45) is -0.728. The molecule has 12 heteroatoms. The fraction of sp³-hybridized carbons (Fsp3) is 0.300. The van der Waals surface area contributed by atoms with E-state index in [2.05, 4.69) is 5.32 Å². The highest BCUT2D eigenvalue weighted by atomic mass is 32.2.